The van der Waals surface area contributed by atoms with E-state index in [-0.39, 0.29) is 18.4 Å². The number of hydrogen-bond acceptors (Lipinski definition) is 4. The average molecular weight is 581 g/mol. The number of amides is 3. The summed E-state index contributed by atoms with van der Waals surface area (Å²) in [5.74, 6) is 0.975. The number of ether oxygens (including phenoxy) is 1. The number of hydrogen-bond donors (Lipinski definition) is 2. The Morgan fingerprint density at radius 1 is 0.975 bits per heavy atom. The number of halogens is 2. The monoisotopic (exact) mass is 579 g/mol. The Hall–Kier alpha value is -4.01. The van der Waals surface area contributed by atoms with Gasteiger partial charge in [0.25, 0.3) is 0 Å². The minimum atomic E-state index is -0.426. The van der Waals surface area contributed by atoms with E-state index in [0.29, 0.717) is 33.8 Å². The van der Waals surface area contributed by atoms with Gasteiger partial charge in [-0.1, -0.05) is 67.4 Å². The molecule has 0 aliphatic heterocycles. The molecule has 0 atom stereocenters. The summed E-state index contributed by atoms with van der Waals surface area (Å²) in [7, 11) is 1.60. The molecule has 0 radical (unpaired) electrons. The highest BCUT2D eigenvalue weighted by molar-refractivity contribution is 6.42. The molecule has 1 heterocycles. The van der Waals surface area contributed by atoms with Crippen LogP contribution in [0.2, 0.25) is 10.0 Å². The molecule has 10 heteroatoms. The van der Waals surface area contributed by atoms with Crippen LogP contribution < -0.4 is 15.4 Å². The molecular formula is C30H31Cl2N5O3. The first-order chi connectivity index (χ1) is 19.2. The van der Waals surface area contributed by atoms with Crippen LogP contribution >= 0.6 is 23.2 Å². The van der Waals surface area contributed by atoms with Gasteiger partial charge in [0, 0.05) is 17.8 Å². The smallest absolute Gasteiger partial charge is 0.322 e. The number of nitrogens with one attached hydrogen (secondary N) is 2. The SMILES string of the molecule is COc1ccc(-n2nc(C)c(-c3ccccc3)c2NC(=O)CN(CC(C)C)C(=O)Nc2ccc(Cl)c(Cl)c2)cc1. The summed E-state index contributed by atoms with van der Waals surface area (Å²) in [6, 6.07) is 21.5. The Bertz CT molecular complexity index is 1490. The van der Waals surface area contributed by atoms with Gasteiger partial charge in [-0.2, -0.15) is 5.10 Å². The lowest BCUT2D eigenvalue weighted by molar-refractivity contribution is -0.116. The molecule has 8 nitrogen and oxygen atoms in total. The van der Waals surface area contributed by atoms with E-state index in [1.54, 1.807) is 30.0 Å². The fraction of sp³-hybridized carbons (Fsp3) is 0.233. The quantitative estimate of drug-likeness (QED) is 0.218. The molecule has 2 N–H and O–H groups in total. The summed E-state index contributed by atoms with van der Waals surface area (Å²) in [5.41, 5.74) is 3.67. The van der Waals surface area contributed by atoms with Gasteiger partial charge in [-0.3, -0.25) is 4.79 Å². The maximum atomic E-state index is 13.5. The maximum Gasteiger partial charge on any atom is 0.322 e. The van der Waals surface area contributed by atoms with Crippen molar-refractivity contribution in [2.75, 3.05) is 30.8 Å². The zero-order valence-electron chi connectivity index (χ0n) is 22.7. The maximum absolute atomic E-state index is 13.5. The van der Waals surface area contributed by atoms with Crippen molar-refractivity contribution in [3.05, 3.63) is 88.5 Å². The first kappa shape index (κ1) is 29.0. The van der Waals surface area contributed by atoms with Crippen LogP contribution in [-0.4, -0.2) is 46.8 Å². The molecule has 4 aromatic rings. The van der Waals surface area contributed by atoms with Gasteiger partial charge in [0.2, 0.25) is 5.91 Å². The molecule has 0 saturated carbocycles. The number of benzene rings is 3. The van der Waals surface area contributed by atoms with Crippen molar-refractivity contribution in [1.29, 1.82) is 0 Å². The lowest BCUT2D eigenvalue weighted by Gasteiger charge is -2.24. The average Bonchev–Trinajstić information content (AvgIpc) is 3.25. The van der Waals surface area contributed by atoms with Crippen LogP contribution in [0.3, 0.4) is 0 Å². The first-order valence-corrected chi connectivity index (χ1v) is 13.5. The van der Waals surface area contributed by atoms with Gasteiger partial charge in [-0.05, 0) is 60.9 Å². The Morgan fingerprint density at radius 3 is 2.30 bits per heavy atom. The Balaban J connectivity index is 1.63. The normalized spacial score (nSPS) is 10.9. The standard InChI is InChI=1S/C30H31Cl2N5O3/c1-19(2)17-36(30(39)33-22-10-15-25(31)26(32)16-22)18-27(38)34-29-28(21-8-6-5-7-9-21)20(3)35-37(29)23-11-13-24(40-4)14-12-23/h5-16,19H,17-18H2,1-4H3,(H,33,39)(H,34,38). The number of rotatable bonds is 9. The number of methoxy groups -OCH3 is 1. The van der Waals surface area contributed by atoms with Gasteiger partial charge < -0.3 is 20.3 Å². The number of carbonyl (C=O) groups is 2. The van der Waals surface area contributed by atoms with Crippen molar-refractivity contribution < 1.29 is 14.3 Å². The third kappa shape index (κ3) is 6.94. The molecule has 3 aromatic carbocycles. The summed E-state index contributed by atoms with van der Waals surface area (Å²) in [5, 5.41) is 11.3. The number of anilines is 2. The number of urea groups is 1. The van der Waals surface area contributed by atoms with Crippen LogP contribution in [0.25, 0.3) is 16.8 Å². The highest BCUT2D eigenvalue weighted by atomic mass is 35.5. The van der Waals surface area contributed by atoms with E-state index in [9.17, 15) is 9.59 Å². The molecule has 1 aromatic heterocycles. The second-order valence-corrected chi connectivity index (χ2v) is 10.5. The zero-order chi connectivity index (χ0) is 28.8. The van der Waals surface area contributed by atoms with Crippen LogP contribution in [0.1, 0.15) is 19.5 Å². The molecular weight excluding hydrogens is 549 g/mol. The lowest BCUT2D eigenvalue weighted by Crippen LogP contribution is -2.42. The zero-order valence-corrected chi connectivity index (χ0v) is 24.3. The predicted molar refractivity (Wildman–Crippen MR) is 161 cm³/mol. The second kappa shape index (κ2) is 12.9. The molecule has 0 spiro atoms. The van der Waals surface area contributed by atoms with E-state index >= 15 is 0 Å². The van der Waals surface area contributed by atoms with Crippen molar-refractivity contribution in [1.82, 2.24) is 14.7 Å². The van der Waals surface area contributed by atoms with Gasteiger partial charge in [0.15, 0.2) is 0 Å². The van der Waals surface area contributed by atoms with Gasteiger partial charge >= 0.3 is 6.03 Å². The molecule has 0 bridgehead atoms. The molecule has 0 fully saturated rings. The topological polar surface area (TPSA) is 88.5 Å². The Kier molecular flexibility index (Phi) is 9.34. The highest BCUT2D eigenvalue weighted by Gasteiger charge is 2.23. The summed E-state index contributed by atoms with van der Waals surface area (Å²) in [6.45, 7) is 6.04. The van der Waals surface area contributed by atoms with Crippen LogP contribution in [0.5, 0.6) is 5.75 Å². The molecule has 208 valence electrons. The highest BCUT2D eigenvalue weighted by Crippen LogP contribution is 2.34. The van der Waals surface area contributed by atoms with Gasteiger partial charge in [0.1, 0.15) is 18.1 Å². The first-order valence-electron chi connectivity index (χ1n) is 12.8. The van der Waals surface area contributed by atoms with E-state index in [1.165, 1.54) is 4.90 Å². The van der Waals surface area contributed by atoms with Crippen molar-refractivity contribution in [3.8, 4) is 22.6 Å². The molecule has 4 rings (SSSR count). The van der Waals surface area contributed by atoms with Crippen molar-refractivity contribution in [2.24, 2.45) is 5.92 Å². The molecule has 0 aliphatic rings. The lowest BCUT2D eigenvalue weighted by atomic mass is 10.1. The molecule has 40 heavy (non-hydrogen) atoms. The summed E-state index contributed by atoms with van der Waals surface area (Å²) in [4.78, 5) is 28.2. The summed E-state index contributed by atoms with van der Waals surface area (Å²) in [6.07, 6.45) is 0. The third-order valence-electron chi connectivity index (χ3n) is 6.08. The number of carbonyl (C=O) groups excluding carboxylic acids is 2. The molecule has 0 unspecified atom stereocenters. The molecule has 3 amide bonds. The van der Waals surface area contributed by atoms with E-state index in [0.717, 1.165) is 22.5 Å². The van der Waals surface area contributed by atoms with Crippen LogP contribution in [0.15, 0.2) is 72.8 Å². The number of aryl methyl sites for hydroxylation is 1. The number of nitrogens with zero attached hydrogens (tertiary/aromatic N) is 3. The Morgan fingerprint density at radius 2 is 1.68 bits per heavy atom. The van der Waals surface area contributed by atoms with Gasteiger partial charge in [-0.25, -0.2) is 9.48 Å². The van der Waals surface area contributed by atoms with E-state index < -0.39 is 6.03 Å². The van der Waals surface area contributed by atoms with Crippen molar-refractivity contribution in [3.63, 3.8) is 0 Å². The van der Waals surface area contributed by atoms with Crippen molar-refractivity contribution in [2.45, 2.75) is 20.8 Å². The second-order valence-electron chi connectivity index (χ2n) is 9.67. The number of aromatic nitrogens is 2. The van der Waals surface area contributed by atoms with Gasteiger partial charge in [-0.15, -0.1) is 0 Å². The van der Waals surface area contributed by atoms with E-state index in [2.05, 4.69) is 10.6 Å². The predicted octanol–water partition coefficient (Wildman–Crippen LogP) is 7.29. The van der Waals surface area contributed by atoms with E-state index in [4.69, 9.17) is 33.0 Å². The summed E-state index contributed by atoms with van der Waals surface area (Å²) >= 11 is 12.1. The fourth-order valence-electron chi connectivity index (χ4n) is 4.28. The largest absolute Gasteiger partial charge is 0.497 e. The van der Waals surface area contributed by atoms with Crippen molar-refractivity contribution >= 4 is 46.6 Å². The minimum Gasteiger partial charge on any atom is -0.497 e. The molecule has 0 saturated heterocycles. The molecule has 0 aliphatic carbocycles. The van der Waals surface area contributed by atoms with E-state index in [1.807, 2.05) is 75.4 Å². The minimum absolute atomic E-state index is 0.124. The summed E-state index contributed by atoms with van der Waals surface area (Å²) < 4.78 is 6.99. The van der Waals surface area contributed by atoms with Crippen LogP contribution in [0.4, 0.5) is 16.3 Å². The van der Waals surface area contributed by atoms with Gasteiger partial charge in [0.05, 0.1) is 28.5 Å². The van der Waals surface area contributed by atoms with Crippen LogP contribution in [0, 0.1) is 12.8 Å². The Labute approximate surface area is 243 Å². The fourth-order valence-corrected chi connectivity index (χ4v) is 4.58. The van der Waals surface area contributed by atoms with Crippen LogP contribution in [-0.2, 0) is 4.79 Å². The third-order valence-corrected chi connectivity index (χ3v) is 6.81.